The number of halogens is 1. The molecule has 1 aromatic carbocycles. The summed E-state index contributed by atoms with van der Waals surface area (Å²) in [4.78, 5) is 36.4. The number of nitrogens with one attached hydrogen (secondary N) is 3. The van der Waals surface area contributed by atoms with Gasteiger partial charge >= 0.3 is 0 Å². The Bertz CT molecular complexity index is 2020. The van der Waals surface area contributed by atoms with E-state index < -0.39 is 5.82 Å². The first-order chi connectivity index (χ1) is 22.5. The third-order valence-corrected chi connectivity index (χ3v) is 8.16. The van der Waals surface area contributed by atoms with Gasteiger partial charge in [0.15, 0.2) is 11.5 Å². The molecule has 1 aliphatic rings. The first-order valence-electron chi connectivity index (χ1n) is 15.6. The molecule has 1 amide bonds. The number of carbonyl (C=O) groups is 1. The van der Waals surface area contributed by atoms with Gasteiger partial charge in [-0.3, -0.25) is 24.8 Å². The van der Waals surface area contributed by atoms with Crippen molar-refractivity contribution in [1.29, 1.82) is 0 Å². The van der Waals surface area contributed by atoms with E-state index in [-0.39, 0.29) is 5.91 Å². The Balaban J connectivity index is 1.17. The van der Waals surface area contributed by atoms with Crippen LogP contribution < -0.4 is 10.1 Å². The highest BCUT2D eigenvalue weighted by molar-refractivity contribution is 5.96. The van der Waals surface area contributed by atoms with Gasteiger partial charge in [0.25, 0.3) is 0 Å². The van der Waals surface area contributed by atoms with Crippen LogP contribution in [0, 0.1) is 5.82 Å². The summed E-state index contributed by atoms with van der Waals surface area (Å²) in [7, 11) is 0. The van der Waals surface area contributed by atoms with Crippen molar-refractivity contribution in [3.63, 3.8) is 0 Å². The van der Waals surface area contributed by atoms with Crippen LogP contribution in [0.1, 0.15) is 39.0 Å². The fourth-order valence-electron chi connectivity index (χ4n) is 5.79. The summed E-state index contributed by atoms with van der Waals surface area (Å²) in [6.45, 7) is 5.52. The standard InChI is InChI=1S/C34H34FN9O2/c1-2-3-6-30(45)38-24-14-22(17-36-18-24)27-7-8-28-32(39-27)33(43-42-28)34-40-29-20-37-19-26(31(29)41-34)21-13-23(35)16-25(15-21)46-12-11-44-9-4-5-10-44/h7-8,13-20H,2-6,9-12H2,1H3,(H,38,45)(H,40,41)(H,42,43). The van der Waals surface area contributed by atoms with Crippen molar-refractivity contribution in [1.82, 2.24) is 40.0 Å². The van der Waals surface area contributed by atoms with Crippen LogP contribution >= 0.6 is 0 Å². The largest absolute Gasteiger partial charge is 0.492 e. The number of hydrogen-bond donors (Lipinski definition) is 3. The highest BCUT2D eigenvalue weighted by atomic mass is 19.1. The Morgan fingerprint density at radius 3 is 2.72 bits per heavy atom. The third-order valence-electron chi connectivity index (χ3n) is 8.16. The van der Waals surface area contributed by atoms with Crippen molar-refractivity contribution in [3.05, 3.63) is 67.0 Å². The monoisotopic (exact) mass is 619 g/mol. The zero-order valence-electron chi connectivity index (χ0n) is 25.5. The summed E-state index contributed by atoms with van der Waals surface area (Å²) < 4.78 is 20.7. The average molecular weight is 620 g/mol. The van der Waals surface area contributed by atoms with Gasteiger partial charge in [-0.1, -0.05) is 13.3 Å². The highest BCUT2D eigenvalue weighted by Crippen LogP contribution is 2.33. The number of likely N-dealkylation sites (tertiary alicyclic amines) is 1. The molecule has 0 bridgehead atoms. The maximum absolute atomic E-state index is 14.8. The number of aromatic nitrogens is 7. The lowest BCUT2D eigenvalue weighted by atomic mass is 10.1. The van der Waals surface area contributed by atoms with Gasteiger partial charge in [-0.15, -0.1) is 0 Å². The minimum Gasteiger partial charge on any atom is -0.492 e. The van der Waals surface area contributed by atoms with Crippen molar-refractivity contribution in [3.8, 4) is 39.7 Å². The predicted octanol–water partition coefficient (Wildman–Crippen LogP) is 6.37. The molecule has 6 aromatic rings. The lowest BCUT2D eigenvalue weighted by Crippen LogP contribution is -2.25. The SMILES string of the molecule is CCCCC(=O)Nc1cncc(-c2ccc3[nH]nc(-c4nc5c(-c6cc(F)cc(OCCN7CCCC7)c6)cncc5[nH]4)c3n2)c1. The van der Waals surface area contributed by atoms with Gasteiger partial charge in [0.05, 0.1) is 40.3 Å². The van der Waals surface area contributed by atoms with Gasteiger partial charge < -0.3 is 15.0 Å². The molecule has 3 N–H and O–H groups in total. The summed E-state index contributed by atoms with van der Waals surface area (Å²) in [5.41, 5.74) is 6.50. The molecule has 1 saturated heterocycles. The highest BCUT2D eigenvalue weighted by Gasteiger charge is 2.18. The van der Waals surface area contributed by atoms with Crippen LogP contribution in [0.2, 0.25) is 0 Å². The van der Waals surface area contributed by atoms with Crippen LogP contribution in [-0.4, -0.2) is 72.2 Å². The fraction of sp³-hybridized carbons (Fsp3) is 0.294. The molecule has 0 atom stereocenters. The summed E-state index contributed by atoms with van der Waals surface area (Å²) in [6, 6.07) is 10.3. The molecule has 46 heavy (non-hydrogen) atoms. The molecule has 1 aliphatic heterocycles. The van der Waals surface area contributed by atoms with E-state index in [1.54, 1.807) is 24.8 Å². The smallest absolute Gasteiger partial charge is 0.224 e. The number of aromatic amines is 2. The first-order valence-corrected chi connectivity index (χ1v) is 15.6. The van der Waals surface area contributed by atoms with Crippen LogP contribution in [0.15, 0.2) is 61.2 Å². The molecule has 7 rings (SSSR count). The lowest BCUT2D eigenvalue weighted by Gasteiger charge is -2.15. The topological polar surface area (TPSA) is 138 Å². The minimum atomic E-state index is -0.393. The molecule has 12 heteroatoms. The molecule has 1 fully saturated rings. The molecule has 11 nitrogen and oxygen atoms in total. The lowest BCUT2D eigenvalue weighted by molar-refractivity contribution is -0.116. The molecule has 0 radical (unpaired) electrons. The van der Waals surface area contributed by atoms with Crippen LogP contribution in [0.25, 0.3) is 56.0 Å². The maximum atomic E-state index is 14.8. The number of hydrogen-bond acceptors (Lipinski definition) is 8. The third kappa shape index (κ3) is 6.29. The molecule has 0 saturated carbocycles. The number of amides is 1. The average Bonchev–Trinajstić information content (AvgIpc) is 3.83. The van der Waals surface area contributed by atoms with Crippen molar-refractivity contribution in [2.45, 2.75) is 39.0 Å². The van der Waals surface area contributed by atoms with Gasteiger partial charge in [0.1, 0.15) is 23.7 Å². The van der Waals surface area contributed by atoms with E-state index >= 15 is 0 Å². The minimum absolute atomic E-state index is 0.0420. The van der Waals surface area contributed by atoms with Crippen molar-refractivity contribution < 1.29 is 13.9 Å². The van der Waals surface area contributed by atoms with E-state index in [0.29, 0.717) is 69.4 Å². The number of carbonyl (C=O) groups excluding carboxylic acids is 1. The number of pyridine rings is 3. The number of fused-ring (bicyclic) bond motifs is 2. The Morgan fingerprint density at radius 1 is 0.978 bits per heavy atom. The molecular weight excluding hydrogens is 585 g/mol. The Labute approximate surface area is 264 Å². The van der Waals surface area contributed by atoms with E-state index in [1.807, 2.05) is 24.3 Å². The summed E-state index contributed by atoms with van der Waals surface area (Å²) >= 11 is 0. The first kappa shape index (κ1) is 29.5. The second-order valence-corrected chi connectivity index (χ2v) is 11.5. The molecule has 234 valence electrons. The quantitative estimate of drug-likeness (QED) is 0.152. The number of unbranched alkanes of at least 4 members (excludes halogenated alkanes) is 1. The van der Waals surface area contributed by atoms with Gasteiger partial charge in [0.2, 0.25) is 5.91 Å². The molecule has 0 unspecified atom stereocenters. The van der Waals surface area contributed by atoms with Crippen molar-refractivity contribution in [2.24, 2.45) is 0 Å². The zero-order chi connectivity index (χ0) is 31.5. The van der Waals surface area contributed by atoms with Crippen LogP contribution in [0.3, 0.4) is 0 Å². The predicted molar refractivity (Wildman–Crippen MR) is 175 cm³/mol. The van der Waals surface area contributed by atoms with Crippen molar-refractivity contribution in [2.75, 3.05) is 31.6 Å². The molecule has 0 spiro atoms. The Hall–Kier alpha value is -5.23. The van der Waals surface area contributed by atoms with Gasteiger partial charge in [-0.25, -0.2) is 14.4 Å². The van der Waals surface area contributed by atoms with Crippen LogP contribution in [0.5, 0.6) is 5.75 Å². The van der Waals surface area contributed by atoms with Gasteiger partial charge in [0, 0.05) is 42.6 Å². The van der Waals surface area contributed by atoms with Gasteiger partial charge in [-0.2, -0.15) is 5.10 Å². The normalized spacial score (nSPS) is 13.5. The van der Waals surface area contributed by atoms with Crippen LogP contribution in [0.4, 0.5) is 10.1 Å². The number of H-pyrrole nitrogens is 2. The summed E-state index contributed by atoms with van der Waals surface area (Å²) in [5.74, 6) is 0.528. The molecule has 5 aromatic heterocycles. The summed E-state index contributed by atoms with van der Waals surface area (Å²) in [6.07, 6.45) is 11.4. The summed E-state index contributed by atoms with van der Waals surface area (Å²) in [5, 5.41) is 10.5. The van der Waals surface area contributed by atoms with E-state index in [9.17, 15) is 9.18 Å². The number of ether oxygens (including phenoxy) is 1. The number of nitrogens with zero attached hydrogens (tertiary/aromatic N) is 6. The fourth-order valence-corrected chi connectivity index (χ4v) is 5.79. The Kier molecular flexibility index (Phi) is 8.34. The van der Waals surface area contributed by atoms with Crippen LogP contribution in [-0.2, 0) is 4.79 Å². The number of rotatable bonds is 11. The molecule has 6 heterocycles. The number of benzene rings is 1. The zero-order valence-corrected chi connectivity index (χ0v) is 25.5. The van der Waals surface area contributed by atoms with Gasteiger partial charge in [-0.05, 0) is 68.2 Å². The second-order valence-electron chi connectivity index (χ2n) is 11.5. The van der Waals surface area contributed by atoms with E-state index in [2.05, 4.69) is 42.3 Å². The molecular formula is C34H34FN9O2. The maximum Gasteiger partial charge on any atom is 0.224 e. The number of imidazole rings is 1. The Morgan fingerprint density at radius 2 is 1.85 bits per heavy atom. The molecule has 0 aliphatic carbocycles. The van der Waals surface area contributed by atoms with E-state index in [0.717, 1.165) is 43.6 Å². The van der Waals surface area contributed by atoms with E-state index in [1.165, 1.54) is 25.0 Å². The van der Waals surface area contributed by atoms with E-state index in [4.69, 9.17) is 14.7 Å². The second kappa shape index (κ2) is 13.0. The van der Waals surface area contributed by atoms with Crippen molar-refractivity contribution >= 4 is 33.7 Å². The number of anilines is 1.